The van der Waals surface area contributed by atoms with Crippen molar-refractivity contribution in [2.24, 2.45) is 0 Å². The summed E-state index contributed by atoms with van der Waals surface area (Å²) in [6.07, 6.45) is 1.78. The first-order chi connectivity index (χ1) is 7.31. The van der Waals surface area contributed by atoms with Crippen LogP contribution in [-0.2, 0) is 0 Å². The Kier molecular flexibility index (Phi) is 3.18. The van der Waals surface area contributed by atoms with Gasteiger partial charge in [-0.2, -0.15) is 11.3 Å². The molecule has 0 amide bonds. The third-order valence-electron chi connectivity index (χ3n) is 2.21. The van der Waals surface area contributed by atoms with E-state index in [-0.39, 0.29) is 6.04 Å². The summed E-state index contributed by atoms with van der Waals surface area (Å²) >= 11 is 1.66. The second-order valence-electron chi connectivity index (χ2n) is 3.35. The predicted octanol–water partition coefficient (Wildman–Crippen LogP) is 3.07. The van der Waals surface area contributed by atoms with Gasteiger partial charge in [0.05, 0.1) is 12.2 Å². The maximum atomic E-state index is 5.68. The van der Waals surface area contributed by atoms with Crippen molar-refractivity contribution in [1.82, 2.24) is 10.3 Å². The van der Waals surface area contributed by atoms with Gasteiger partial charge in [0.1, 0.15) is 0 Å². The third kappa shape index (κ3) is 2.27. The van der Waals surface area contributed by atoms with Crippen LogP contribution in [0.5, 0.6) is 0 Å². The highest BCUT2D eigenvalue weighted by Crippen LogP contribution is 2.24. The molecule has 0 spiro atoms. The van der Waals surface area contributed by atoms with Gasteiger partial charge in [0.15, 0.2) is 5.76 Å². The molecule has 0 saturated carbocycles. The van der Waals surface area contributed by atoms with E-state index in [9.17, 15) is 0 Å². The molecule has 0 fully saturated rings. The van der Waals surface area contributed by atoms with Crippen molar-refractivity contribution < 1.29 is 4.42 Å². The highest BCUT2D eigenvalue weighted by atomic mass is 32.1. The van der Waals surface area contributed by atoms with Crippen LogP contribution in [0, 0.1) is 0 Å². The predicted molar refractivity (Wildman–Crippen MR) is 61.9 cm³/mol. The van der Waals surface area contributed by atoms with Gasteiger partial charge in [-0.15, -0.1) is 0 Å². The third-order valence-corrected chi connectivity index (χ3v) is 2.89. The Balaban J connectivity index is 2.17. The van der Waals surface area contributed by atoms with Crippen molar-refractivity contribution in [3.8, 4) is 11.3 Å². The van der Waals surface area contributed by atoms with Gasteiger partial charge in [-0.05, 0) is 24.9 Å². The fourth-order valence-corrected chi connectivity index (χ4v) is 2.06. The van der Waals surface area contributed by atoms with Gasteiger partial charge in [-0.25, -0.2) is 4.98 Å². The maximum absolute atomic E-state index is 5.68. The standard InChI is InChI=1S/C11H14N2OS/c1-3-12-8(2)11-13-6-10(14-11)9-4-5-15-7-9/h4-8,12H,3H2,1-2H3. The summed E-state index contributed by atoms with van der Waals surface area (Å²) in [5, 5.41) is 7.36. The molecular weight excluding hydrogens is 208 g/mol. The lowest BCUT2D eigenvalue weighted by Crippen LogP contribution is -2.17. The zero-order valence-corrected chi connectivity index (χ0v) is 9.67. The molecule has 4 heteroatoms. The second kappa shape index (κ2) is 4.59. The van der Waals surface area contributed by atoms with E-state index in [1.807, 2.05) is 18.4 Å². The number of oxazole rings is 1. The van der Waals surface area contributed by atoms with Gasteiger partial charge in [0.2, 0.25) is 5.89 Å². The molecule has 0 radical (unpaired) electrons. The Labute approximate surface area is 93.2 Å². The van der Waals surface area contributed by atoms with Crippen LogP contribution in [0.15, 0.2) is 27.4 Å². The van der Waals surface area contributed by atoms with Crippen LogP contribution in [0.25, 0.3) is 11.3 Å². The molecule has 0 bridgehead atoms. The molecule has 0 aliphatic rings. The Morgan fingerprint density at radius 2 is 2.47 bits per heavy atom. The van der Waals surface area contributed by atoms with Crippen LogP contribution in [0.1, 0.15) is 25.8 Å². The quantitative estimate of drug-likeness (QED) is 0.864. The Hall–Kier alpha value is -1.13. The second-order valence-corrected chi connectivity index (χ2v) is 4.13. The first-order valence-corrected chi connectivity index (χ1v) is 5.97. The molecule has 0 saturated heterocycles. The minimum atomic E-state index is 0.169. The van der Waals surface area contributed by atoms with E-state index in [2.05, 4.69) is 22.6 Å². The van der Waals surface area contributed by atoms with Crippen LogP contribution >= 0.6 is 11.3 Å². The molecule has 2 heterocycles. The molecule has 15 heavy (non-hydrogen) atoms. The number of thiophene rings is 1. The molecule has 80 valence electrons. The van der Waals surface area contributed by atoms with E-state index in [1.165, 1.54) is 0 Å². The van der Waals surface area contributed by atoms with Crippen molar-refractivity contribution in [3.05, 3.63) is 28.9 Å². The van der Waals surface area contributed by atoms with Gasteiger partial charge in [-0.3, -0.25) is 0 Å². The van der Waals surface area contributed by atoms with Gasteiger partial charge >= 0.3 is 0 Å². The Morgan fingerprint density at radius 3 is 3.13 bits per heavy atom. The fraction of sp³-hybridized carbons (Fsp3) is 0.364. The van der Waals surface area contributed by atoms with E-state index < -0.39 is 0 Å². The van der Waals surface area contributed by atoms with E-state index >= 15 is 0 Å². The number of hydrogen-bond donors (Lipinski definition) is 1. The first kappa shape index (κ1) is 10.4. The summed E-state index contributed by atoms with van der Waals surface area (Å²) in [6.45, 7) is 5.03. The normalized spacial score (nSPS) is 12.9. The maximum Gasteiger partial charge on any atom is 0.211 e. The summed E-state index contributed by atoms with van der Waals surface area (Å²) in [5.74, 6) is 1.59. The summed E-state index contributed by atoms with van der Waals surface area (Å²) in [4.78, 5) is 4.27. The van der Waals surface area contributed by atoms with Crippen LogP contribution in [0.2, 0.25) is 0 Å². The number of hydrogen-bond acceptors (Lipinski definition) is 4. The molecule has 2 rings (SSSR count). The zero-order chi connectivity index (χ0) is 10.7. The largest absolute Gasteiger partial charge is 0.439 e. The number of rotatable bonds is 4. The minimum Gasteiger partial charge on any atom is -0.439 e. The van der Waals surface area contributed by atoms with Crippen LogP contribution in [0.3, 0.4) is 0 Å². The van der Waals surface area contributed by atoms with Crippen molar-refractivity contribution in [3.63, 3.8) is 0 Å². The van der Waals surface area contributed by atoms with Gasteiger partial charge < -0.3 is 9.73 Å². The van der Waals surface area contributed by atoms with Crippen molar-refractivity contribution in [1.29, 1.82) is 0 Å². The van der Waals surface area contributed by atoms with Crippen molar-refractivity contribution in [2.75, 3.05) is 6.54 Å². The summed E-state index contributed by atoms with van der Waals surface area (Å²) in [6, 6.07) is 2.20. The summed E-state index contributed by atoms with van der Waals surface area (Å²) in [5.41, 5.74) is 1.10. The molecule has 1 N–H and O–H groups in total. The van der Waals surface area contributed by atoms with Gasteiger partial charge in [-0.1, -0.05) is 6.92 Å². The number of nitrogens with zero attached hydrogens (tertiary/aromatic N) is 1. The average Bonchev–Trinajstić information content (AvgIpc) is 2.89. The molecular formula is C11H14N2OS. The highest BCUT2D eigenvalue weighted by Gasteiger charge is 2.11. The highest BCUT2D eigenvalue weighted by molar-refractivity contribution is 7.08. The molecule has 2 aromatic heterocycles. The lowest BCUT2D eigenvalue weighted by Gasteiger charge is -2.06. The summed E-state index contributed by atoms with van der Waals surface area (Å²) in [7, 11) is 0. The van der Waals surface area contributed by atoms with Crippen LogP contribution in [0.4, 0.5) is 0 Å². The zero-order valence-electron chi connectivity index (χ0n) is 8.86. The molecule has 1 atom stereocenters. The Bertz CT molecular complexity index is 408. The van der Waals surface area contributed by atoms with Crippen LogP contribution in [-0.4, -0.2) is 11.5 Å². The average molecular weight is 222 g/mol. The lowest BCUT2D eigenvalue weighted by molar-refractivity contribution is 0.429. The SMILES string of the molecule is CCNC(C)c1ncc(-c2ccsc2)o1. The lowest BCUT2D eigenvalue weighted by atomic mass is 10.3. The molecule has 3 nitrogen and oxygen atoms in total. The van der Waals surface area contributed by atoms with E-state index in [1.54, 1.807) is 17.5 Å². The fourth-order valence-electron chi connectivity index (χ4n) is 1.42. The van der Waals surface area contributed by atoms with E-state index in [0.717, 1.165) is 23.8 Å². The molecule has 2 aromatic rings. The smallest absolute Gasteiger partial charge is 0.211 e. The van der Waals surface area contributed by atoms with Crippen LogP contribution < -0.4 is 5.32 Å². The monoisotopic (exact) mass is 222 g/mol. The minimum absolute atomic E-state index is 0.169. The topological polar surface area (TPSA) is 38.1 Å². The van der Waals surface area contributed by atoms with E-state index in [0.29, 0.717) is 0 Å². The van der Waals surface area contributed by atoms with Crippen molar-refractivity contribution >= 4 is 11.3 Å². The Morgan fingerprint density at radius 1 is 1.60 bits per heavy atom. The van der Waals surface area contributed by atoms with Gasteiger partial charge in [0.25, 0.3) is 0 Å². The molecule has 0 aromatic carbocycles. The van der Waals surface area contributed by atoms with Gasteiger partial charge in [0, 0.05) is 10.9 Å². The molecule has 0 aliphatic carbocycles. The number of nitrogens with one attached hydrogen (secondary N) is 1. The number of aromatic nitrogens is 1. The first-order valence-electron chi connectivity index (χ1n) is 5.03. The summed E-state index contributed by atoms with van der Waals surface area (Å²) < 4.78 is 5.68. The molecule has 1 unspecified atom stereocenters. The van der Waals surface area contributed by atoms with E-state index in [4.69, 9.17) is 4.42 Å². The molecule has 0 aliphatic heterocycles. The van der Waals surface area contributed by atoms with Crippen molar-refractivity contribution in [2.45, 2.75) is 19.9 Å².